The number of nitrogens with zero attached hydrogens (tertiary/aromatic N) is 1. The zero-order valence-electron chi connectivity index (χ0n) is 8.90. The van der Waals surface area contributed by atoms with Crippen LogP contribution in [-0.2, 0) is 0 Å². The fourth-order valence-electron chi connectivity index (χ4n) is 1.50. The summed E-state index contributed by atoms with van der Waals surface area (Å²) < 4.78 is 0. The lowest BCUT2D eigenvalue weighted by Gasteiger charge is -2.03. The van der Waals surface area contributed by atoms with Gasteiger partial charge in [-0.15, -0.1) is 11.8 Å². The van der Waals surface area contributed by atoms with Crippen molar-refractivity contribution in [2.45, 2.75) is 11.9 Å². The van der Waals surface area contributed by atoms with Gasteiger partial charge >= 0.3 is 0 Å². The summed E-state index contributed by atoms with van der Waals surface area (Å²) in [6, 6.07) is 12.6. The van der Waals surface area contributed by atoms with Crippen LogP contribution in [0.4, 0.5) is 0 Å². The molecule has 0 fully saturated rings. The number of aryl methyl sites for hydroxylation is 1. The van der Waals surface area contributed by atoms with Crippen molar-refractivity contribution in [3.05, 3.63) is 48.2 Å². The van der Waals surface area contributed by atoms with Crippen molar-refractivity contribution >= 4 is 11.8 Å². The topological polar surface area (TPSA) is 12.9 Å². The maximum atomic E-state index is 4.37. The Bertz CT molecular complexity index is 448. The molecule has 15 heavy (non-hydrogen) atoms. The second kappa shape index (κ2) is 4.49. The zero-order chi connectivity index (χ0) is 10.7. The van der Waals surface area contributed by atoms with Gasteiger partial charge < -0.3 is 0 Å². The highest BCUT2D eigenvalue weighted by molar-refractivity contribution is 7.98. The van der Waals surface area contributed by atoms with Gasteiger partial charge in [0.25, 0.3) is 0 Å². The molecule has 0 radical (unpaired) electrons. The monoisotopic (exact) mass is 215 g/mol. The molecule has 0 aliphatic carbocycles. The molecule has 1 aromatic heterocycles. The fourth-order valence-corrected chi connectivity index (χ4v) is 1.86. The minimum Gasteiger partial charge on any atom is -0.249 e. The molecule has 1 nitrogen and oxygen atoms in total. The molecule has 0 amide bonds. The van der Waals surface area contributed by atoms with E-state index in [1.807, 2.05) is 12.5 Å². The summed E-state index contributed by atoms with van der Waals surface area (Å²) >= 11 is 1.66. The van der Waals surface area contributed by atoms with E-state index in [1.54, 1.807) is 11.8 Å². The molecule has 1 heterocycles. The number of thioether (sulfide) groups is 1. The Morgan fingerprint density at radius 2 is 1.93 bits per heavy atom. The summed E-state index contributed by atoms with van der Waals surface area (Å²) in [4.78, 5) is 4.37. The Labute approximate surface area is 94.6 Å². The van der Waals surface area contributed by atoms with Crippen LogP contribution in [0.1, 0.15) is 5.56 Å². The summed E-state index contributed by atoms with van der Waals surface area (Å²) in [5, 5.41) is 1.06. The SMILES string of the molecule is CSc1ccc(-c2cccc(C)c2)cn1. The van der Waals surface area contributed by atoms with Gasteiger partial charge in [-0.3, -0.25) is 0 Å². The summed E-state index contributed by atoms with van der Waals surface area (Å²) in [7, 11) is 0. The number of pyridine rings is 1. The number of rotatable bonds is 2. The standard InChI is InChI=1S/C13H13NS/c1-10-4-3-5-11(8-10)12-6-7-13(15-2)14-9-12/h3-9H,1-2H3. The maximum absolute atomic E-state index is 4.37. The zero-order valence-corrected chi connectivity index (χ0v) is 9.71. The quantitative estimate of drug-likeness (QED) is 0.707. The molecule has 0 saturated heterocycles. The van der Waals surface area contributed by atoms with Gasteiger partial charge in [-0.05, 0) is 24.8 Å². The third-order valence-electron chi connectivity index (χ3n) is 2.30. The van der Waals surface area contributed by atoms with Crippen molar-refractivity contribution in [1.82, 2.24) is 4.98 Å². The third kappa shape index (κ3) is 2.39. The molecule has 2 heteroatoms. The van der Waals surface area contributed by atoms with Crippen molar-refractivity contribution in [2.75, 3.05) is 6.26 Å². The molecule has 0 unspecified atom stereocenters. The minimum absolute atomic E-state index is 1.06. The molecule has 0 spiro atoms. The second-order valence-electron chi connectivity index (χ2n) is 3.46. The largest absolute Gasteiger partial charge is 0.249 e. The van der Waals surface area contributed by atoms with E-state index in [0.717, 1.165) is 5.03 Å². The Morgan fingerprint density at radius 1 is 1.07 bits per heavy atom. The van der Waals surface area contributed by atoms with Crippen LogP contribution in [0, 0.1) is 6.92 Å². The molecular weight excluding hydrogens is 202 g/mol. The lowest BCUT2D eigenvalue weighted by atomic mass is 10.1. The molecule has 0 saturated carbocycles. The molecule has 2 aromatic rings. The third-order valence-corrected chi connectivity index (χ3v) is 2.96. The van der Waals surface area contributed by atoms with Gasteiger partial charge in [0, 0.05) is 11.8 Å². The molecule has 0 bridgehead atoms. The molecule has 0 aliphatic heterocycles. The number of aromatic nitrogens is 1. The molecule has 76 valence electrons. The smallest absolute Gasteiger partial charge is 0.0957 e. The number of hydrogen-bond acceptors (Lipinski definition) is 2. The summed E-state index contributed by atoms with van der Waals surface area (Å²) in [5.74, 6) is 0. The van der Waals surface area contributed by atoms with Gasteiger partial charge in [-0.25, -0.2) is 4.98 Å². The van der Waals surface area contributed by atoms with Crippen LogP contribution >= 0.6 is 11.8 Å². The highest BCUT2D eigenvalue weighted by Crippen LogP contribution is 2.21. The van der Waals surface area contributed by atoms with E-state index in [-0.39, 0.29) is 0 Å². The van der Waals surface area contributed by atoms with Crippen molar-refractivity contribution < 1.29 is 0 Å². The van der Waals surface area contributed by atoms with Crippen LogP contribution in [0.5, 0.6) is 0 Å². The van der Waals surface area contributed by atoms with Gasteiger partial charge in [-0.2, -0.15) is 0 Å². The first kappa shape index (κ1) is 10.2. The molecule has 0 N–H and O–H groups in total. The van der Waals surface area contributed by atoms with E-state index < -0.39 is 0 Å². The predicted octanol–water partition coefficient (Wildman–Crippen LogP) is 3.78. The van der Waals surface area contributed by atoms with E-state index in [9.17, 15) is 0 Å². The fraction of sp³-hybridized carbons (Fsp3) is 0.154. The van der Waals surface area contributed by atoms with Crippen LogP contribution in [0.3, 0.4) is 0 Å². The first-order valence-electron chi connectivity index (χ1n) is 4.86. The molecule has 1 aromatic carbocycles. The van der Waals surface area contributed by atoms with Gasteiger partial charge in [0.1, 0.15) is 0 Å². The Hall–Kier alpha value is -1.28. The average Bonchev–Trinajstić information content (AvgIpc) is 2.29. The van der Waals surface area contributed by atoms with Gasteiger partial charge in [0.2, 0.25) is 0 Å². The van der Waals surface area contributed by atoms with Gasteiger partial charge in [0.05, 0.1) is 5.03 Å². The van der Waals surface area contributed by atoms with E-state index >= 15 is 0 Å². The van der Waals surface area contributed by atoms with E-state index in [2.05, 4.69) is 48.3 Å². The van der Waals surface area contributed by atoms with Gasteiger partial charge in [-0.1, -0.05) is 35.9 Å². The Morgan fingerprint density at radius 3 is 2.53 bits per heavy atom. The lowest BCUT2D eigenvalue weighted by Crippen LogP contribution is -1.82. The number of hydrogen-bond donors (Lipinski definition) is 0. The summed E-state index contributed by atoms with van der Waals surface area (Å²) in [6.45, 7) is 2.10. The highest BCUT2D eigenvalue weighted by atomic mass is 32.2. The summed E-state index contributed by atoms with van der Waals surface area (Å²) in [5.41, 5.74) is 3.69. The first-order valence-corrected chi connectivity index (χ1v) is 6.09. The van der Waals surface area contributed by atoms with Crippen LogP contribution in [-0.4, -0.2) is 11.2 Å². The van der Waals surface area contributed by atoms with Crippen LogP contribution in [0.15, 0.2) is 47.6 Å². The van der Waals surface area contributed by atoms with Crippen molar-refractivity contribution in [2.24, 2.45) is 0 Å². The highest BCUT2D eigenvalue weighted by Gasteiger charge is 1.98. The van der Waals surface area contributed by atoms with Crippen LogP contribution < -0.4 is 0 Å². The molecule has 2 rings (SSSR count). The van der Waals surface area contributed by atoms with Crippen LogP contribution in [0.25, 0.3) is 11.1 Å². The van der Waals surface area contributed by atoms with Crippen molar-refractivity contribution in [1.29, 1.82) is 0 Å². The predicted molar refractivity (Wildman–Crippen MR) is 66.2 cm³/mol. The molecule has 0 atom stereocenters. The van der Waals surface area contributed by atoms with E-state index in [1.165, 1.54) is 16.7 Å². The van der Waals surface area contributed by atoms with Crippen molar-refractivity contribution in [3.63, 3.8) is 0 Å². The number of benzene rings is 1. The Kier molecular flexibility index (Phi) is 3.07. The lowest BCUT2D eigenvalue weighted by molar-refractivity contribution is 1.14. The normalized spacial score (nSPS) is 10.3. The van der Waals surface area contributed by atoms with E-state index in [0.29, 0.717) is 0 Å². The summed E-state index contributed by atoms with van der Waals surface area (Å²) in [6.07, 6.45) is 3.97. The second-order valence-corrected chi connectivity index (χ2v) is 4.29. The molecule has 0 aliphatic rings. The van der Waals surface area contributed by atoms with Crippen molar-refractivity contribution in [3.8, 4) is 11.1 Å². The first-order chi connectivity index (χ1) is 7.29. The average molecular weight is 215 g/mol. The van der Waals surface area contributed by atoms with Gasteiger partial charge in [0.15, 0.2) is 0 Å². The molecular formula is C13H13NS. The van der Waals surface area contributed by atoms with Crippen LogP contribution in [0.2, 0.25) is 0 Å². The Balaban J connectivity index is 2.37. The maximum Gasteiger partial charge on any atom is 0.0957 e. The minimum atomic E-state index is 1.06. The van der Waals surface area contributed by atoms with E-state index in [4.69, 9.17) is 0 Å².